The number of hydrogen-bond donors (Lipinski definition) is 3. The fourth-order valence-electron chi connectivity index (χ4n) is 2.95. The Labute approximate surface area is 202 Å². The number of nitrogen functional groups attached to an aromatic ring is 1. The van der Waals surface area contributed by atoms with E-state index in [2.05, 4.69) is 15.3 Å². The van der Waals surface area contributed by atoms with Gasteiger partial charge in [-0.25, -0.2) is 9.97 Å². The maximum atomic E-state index is 12.8. The highest BCUT2D eigenvalue weighted by Gasteiger charge is 2.17. The van der Waals surface area contributed by atoms with Gasteiger partial charge in [0.2, 0.25) is 11.0 Å². The molecule has 176 valence electrons. The number of anilines is 1. The minimum atomic E-state index is -0.365. The van der Waals surface area contributed by atoms with Gasteiger partial charge in [-0.3, -0.25) is 9.59 Å². The highest BCUT2D eigenvalue weighted by atomic mass is 32.2. The van der Waals surface area contributed by atoms with Crippen LogP contribution in [0.25, 0.3) is 0 Å². The first-order valence-corrected chi connectivity index (χ1v) is 11.4. The number of para-hydroxylation sites is 1. The molecule has 1 aromatic heterocycles. The van der Waals surface area contributed by atoms with Crippen molar-refractivity contribution in [3.63, 3.8) is 0 Å². The highest BCUT2D eigenvalue weighted by molar-refractivity contribution is 8.17. The number of nitrogens with two attached hydrogens (primary N) is 1. The molecule has 0 aliphatic heterocycles. The van der Waals surface area contributed by atoms with E-state index in [1.807, 2.05) is 30.3 Å². The third-order valence-corrected chi connectivity index (χ3v) is 6.02. The molecule has 0 aliphatic rings. The number of carbonyl (C=O) groups excluding carboxylic acids is 2. The Morgan fingerprint density at radius 2 is 1.76 bits per heavy atom. The SMILES string of the molecule is C/C(C(=O)NCc1cnc(C)nc1N)=C(\CCO)SC(=O)c1ccc(Oc2ccccc2)cc1. The molecule has 3 rings (SSSR count). The molecule has 8 nitrogen and oxygen atoms in total. The molecule has 0 bridgehead atoms. The molecular weight excluding hydrogens is 452 g/mol. The molecule has 0 spiro atoms. The van der Waals surface area contributed by atoms with Crippen molar-refractivity contribution in [2.75, 3.05) is 12.3 Å². The summed E-state index contributed by atoms with van der Waals surface area (Å²) < 4.78 is 5.75. The third kappa shape index (κ3) is 6.90. The first kappa shape index (κ1) is 24.9. The molecule has 4 N–H and O–H groups in total. The number of benzene rings is 2. The van der Waals surface area contributed by atoms with Gasteiger partial charge < -0.3 is 20.9 Å². The summed E-state index contributed by atoms with van der Waals surface area (Å²) in [7, 11) is 0. The predicted molar refractivity (Wildman–Crippen MR) is 132 cm³/mol. The number of aliphatic hydroxyl groups is 1. The summed E-state index contributed by atoms with van der Waals surface area (Å²) in [5.74, 6) is 1.78. The molecule has 1 amide bonds. The van der Waals surface area contributed by atoms with E-state index in [-0.39, 0.29) is 30.6 Å². The first-order valence-electron chi connectivity index (χ1n) is 10.6. The number of hydrogen-bond acceptors (Lipinski definition) is 8. The predicted octanol–water partition coefficient (Wildman–Crippen LogP) is 4.01. The van der Waals surface area contributed by atoms with Crippen LogP contribution >= 0.6 is 11.8 Å². The highest BCUT2D eigenvalue weighted by Crippen LogP contribution is 2.29. The van der Waals surface area contributed by atoms with Gasteiger partial charge in [-0.05, 0) is 50.2 Å². The van der Waals surface area contributed by atoms with Crippen molar-refractivity contribution in [1.82, 2.24) is 15.3 Å². The zero-order valence-electron chi connectivity index (χ0n) is 18.9. The zero-order valence-corrected chi connectivity index (χ0v) is 19.8. The first-order chi connectivity index (χ1) is 16.4. The average molecular weight is 479 g/mol. The number of carbonyl (C=O) groups is 2. The van der Waals surface area contributed by atoms with E-state index in [9.17, 15) is 14.7 Å². The molecule has 1 heterocycles. The molecule has 2 aromatic carbocycles. The standard InChI is InChI=1S/C25H26N4O4S/c1-16(24(31)28-15-19-14-27-17(2)29-23(19)26)22(12-13-30)34-25(32)18-8-10-21(11-9-18)33-20-6-4-3-5-7-20/h3-11,14,30H,12-13,15H2,1-2H3,(H,28,31)(H2,26,27,29)/b22-16-. The number of aliphatic hydroxyl groups excluding tert-OH is 1. The second-order valence-electron chi connectivity index (χ2n) is 7.36. The molecule has 0 unspecified atom stereocenters. The molecule has 9 heteroatoms. The van der Waals surface area contributed by atoms with Gasteiger partial charge in [0.1, 0.15) is 23.1 Å². The van der Waals surface area contributed by atoms with Gasteiger partial charge in [-0.1, -0.05) is 30.0 Å². The number of nitrogens with one attached hydrogen (secondary N) is 1. The zero-order chi connectivity index (χ0) is 24.5. The van der Waals surface area contributed by atoms with E-state index < -0.39 is 0 Å². The summed E-state index contributed by atoms with van der Waals surface area (Å²) in [6.45, 7) is 3.30. The number of nitrogens with zero attached hydrogens (tertiary/aromatic N) is 2. The largest absolute Gasteiger partial charge is 0.457 e. The second kappa shape index (κ2) is 12.0. The van der Waals surface area contributed by atoms with Crippen LogP contribution in [0.3, 0.4) is 0 Å². The van der Waals surface area contributed by atoms with Crippen LogP contribution in [0.2, 0.25) is 0 Å². The molecule has 0 radical (unpaired) electrons. The smallest absolute Gasteiger partial charge is 0.247 e. The molecule has 0 saturated heterocycles. The monoisotopic (exact) mass is 478 g/mol. The minimum Gasteiger partial charge on any atom is -0.457 e. The van der Waals surface area contributed by atoms with Gasteiger partial charge in [0, 0.05) is 47.4 Å². The van der Waals surface area contributed by atoms with Crippen LogP contribution in [-0.4, -0.2) is 32.7 Å². The van der Waals surface area contributed by atoms with Crippen molar-refractivity contribution >= 4 is 28.6 Å². The van der Waals surface area contributed by atoms with Gasteiger partial charge in [0.05, 0.1) is 0 Å². The third-order valence-electron chi connectivity index (χ3n) is 4.84. The molecule has 3 aromatic rings. The van der Waals surface area contributed by atoms with E-state index in [1.165, 1.54) is 0 Å². The number of aryl methyl sites for hydroxylation is 1. The summed E-state index contributed by atoms with van der Waals surface area (Å²) in [5, 5.41) is 12.0. The number of thioether (sulfide) groups is 1. The number of ether oxygens (including phenoxy) is 1. The molecule has 34 heavy (non-hydrogen) atoms. The Morgan fingerprint density at radius 1 is 1.09 bits per heavy atom. The van der Waals surface area contributed by atoms with E-state index in [0.717, 1.165) is 11.8 Å². The molecule has 0 aliphatic carbocycles. The van der Waals surface area contributed by atoms with Crippen LogP contribution in [-0.2, 0) is 11.3 Å². The lowest BCUT2D eigenvalue weighted by atomic mass is 10.2. The van der Waals surface area contributed by atoms with Crippen molar-refractivity contribution in [3.8, 4) is 11.5 Å². The Morgan fingerprint density at radius 3 is 2.41 bits per heavy atom. The molecular formula is C25H26N4O4S. The average Bonchev–Trinajstić information content (AvgIpc) is 2.83. The molecule has 0 atom stereocenters. The lowest BCUT2D eigenvalue weighted by molar-refractivity contribution is -0.117. The van der Waals surface area contributed by atoms with Crippen LogP contribution < -0.4 is 15.8 Å². The Hall–Kier alpha value is -3.69. The fourth-order valence-corrected chi connectivity index (χ4v) is 3.87. The summed E-state index contributed by atoms with van der Waals surface area (Å²) in [5.41, 5.74) is 7.27. The summed E-state index contributed by atoms with van der Waals surface area (Å²) >= 11 is 0.925. The molecule has 0 saturated carbocycles. The van der Waals surface area contributed by atoms with Crippen LogP contribution in [0.4, 0.5) is 5.82 Å². The minimum absolute atomic E-state index is 0.149. The van der Waals surface area contributed by atoms with E-state index in [4.69, 9.17) is 10.5 Å². The van der Waals surface area contributed by atoms with Crippen molar-refractivity contribution in [2.24, 2.45) is 0 Å². The van der Waals surface area contributed by atoms with Gasteiger partial charge in [-0.2, -0.15) is 0 Å². The Balaban J connectivity index is 1.66. The Bertz CT molecular complexity index is 1180. The van der Waals surface area contributed by atoms with Crippen LogP contribution in [0.5, 0.6) is 11.5 Å². The molecule has 0 fully saturated rings. The van der Waals surface area contributed by atoms with E-state index in [0.29, 0.717) is 44.7 Å². The van der Waals surface area contributed by atoms with Crippen molar-refractivity contribution in [1.29, 1.82) is 0 Å². The number of aromatic nitrogens is 2. The topological polar surface area (TPSA) is 127 Å². The van der Waals surface area contributed by atoms with Crippen LogP contribution in [0.15, 0.2) is 71.3 Å². The lowest BCUT2D eigenvalue weighted by Gasteiger charge is -2.12. The van der Waals surface area contributed by atoms with Crippen molar-refractivity contribution in [2.45, 2.75) is 26.8 Å². The van der Waals surface area contributed by atoms with E-state index >= 15 is 0 Å². The van der Waals surface area contributed by atoms with Gasteiger partial charge >= 0.3 is 0 Å². The maximum Gasteiger partial charge on any atom is 0.247 e. The van der Waals surface area contributed by atoms with Crippen molar-refractivity contribution < 1.29 is 19.4 Å². The maximum absolute atomic E-state index is 12.8. The van der Waals surface area contributed by atoms with Crippen LogP contribution in [0.1, 0.15) is 35.1 Å². The van der Waals surface area contributed by atoms with Crippen LogP contribution in [0, 0.1) is 6.92 Å². The lowest BCUT2D eigenvalue weighted by Crippen LogP contribution is -2.25. The summed E-state index contributed by atoms with van der Waals surface area (Å²) in [4.78, 5) is 34.1. The number of rotatable bonds is 9. The quantitative estimate of drug-likeness (QED) is 0.394. The second-order valence-corrected chi connectivity index (χ2v) is 8.43. The summed E-state index contributed by atoms with van der Waals surface area (Å²) in [6, 6.07) is 16.1. The Kier molecular flexibility index (Phi) is 8.78. The number of amides is 1. The van der Waals surface area contributed by atoms with E-state index in [1.54, 1.807) is 44.3 Å². The fraction of sp³-hybridized carbons (Fsp3) is 0.200. The van der Waals surface area contributed by atoms with Gasteiger partial charge in [0.15, 0.2) is 0 Å². The normalized spacial score (nSPS) is 11.5. The van der Waals surface area contributed by atoms with Gasteiger partial charge in [0.25, 0.3) is 0 Å². The van der Waals surface area contributed by atoms with Gasteiger partial charge in [-0.15, -0.1) is 0 Å². The summed E-state index contributed by atoms with van der Waals surface area (Å²) in [6.07, 6.45) is 1.75. The van der Waals surface area contributed by atoms with Crippen molar-refractivity contribution in [3.05, 3.63) is 88.2 Å².